The molecular formula is C21H20Cl2N2O2. The number of fused-ring (bicyclic) bond motifs is 1. The molecule has 4 rings (SSSR count). The van der Waals surface area contributed by atoms with Crippen molar-refractivity contribution in [3.63, 3.8) is 0 Å². The summed E-state index contributed by atoms with van der Waals surface area (Å²) in [5.41, 5.74) is 3.12. The normalized spacial score (nSPS) is 15.9. The zero-order chi connectivity index (χ0) is 18.8. The average molecular weight is 403 g/mol. The van der Waals surface area contributed by atoms with E-state index in [-0.39, 0.29) is 11.8 Å². The SMILES string of the molecule is O=C(C[C@H](c1ccc(Cl)c(Cl)c1)c1c[nH]c2ccccc12)N1CCOCC1. The summed E-state index contributed by atoms with van der Waals surface area (Å²) >= 11 is 12.4. The number of benzene rings is 2. The van der Waals surface area contributed by atoms with Crippen molar-refractivity contribution in [2.24, 2.45) is 0 Å². The molecule has 0 unspecified atom stereocenters. The molecule has 2 aromatic carbocycles. The first kappa shape index (κ1) is 18.4. The van der Waals surface area contributed by atoms with E-state index in [1.165, 1.54) is 0 Å². The first-order valence-corrected chi connectivity index (χ1v) is 9.75. The second-order valence-electron chi connectivity index (χ2n) is 6.71. The van der Waals surface area contributed by atoms with Crippen molar-refractivity contribution in [1.82, 2.24) is 9.88 Å². The molecule has 1 saturated heterocycles. The topological polar surface area (TPSA) is 45.3 Å². The number of para-hydroxylation sites is 1. The number of rotatable bonds is 4. The van der Waals surface area contributed by atoms with Gasteiger partial charge in [0.1, 0.15) is 0 Å². The van der Waals surface area contributed by atoms with Crippen LogP contribution in [-0.2, 0) is 9.53 Å². The van der Waals surface area contributed by atoms with E-state index in [1.807, 2.05) is 41.4 Å². The Morgan fingerprint density at radius 3 is 2.67 bits per heavy atom. The molecule has 140 valence electrons. The van der Waals surface area contributed by atoms with Gasteiger partial charge in [0.25, 0.3) is 0 Å². The van der Waals surface area contributed by atoms with Gasteiger partial charge in [-0.15, -0.1) is 0 Å². The number of hydrogen-bond donors (Lipinski definition) is 1. The molecule has 0 radical (unpaired) electrons. The smallest absolute Gasteiger partial charge is 0.223 e. The molecule has 1 fully saturated rings. The molecule has 1 aliphatic heterocycles. The van der Waals surface area contributed by atoms with E-state index in [9.17, 15) is 4.79 Å². The summed E-state index contributed by atoms with van der Waals surface area (Å²) in [6.07, 6.45) is 2.37. The highest BCUT2D eigenvalue weighted by atomic mass is 35.5. The van der Waals surface area contributed by atoms with E-state index in [0.29, 0.717) is 42.8 Å². The highest BCUT2D eigenvalue weighted by Crippen LogP contribution is 2.36. The van der Waals surface area contributed by atoms with Crippen molar-refractivity contribution >= 4 is 40.0 Å². The largest absolute Gasteiger partial charge is 0.378 e. The van der Waals surface area contributed by atoms with E-state index in [4.69, 9.17) is 27.9 Å². The van der Waals surface area contributed by atoms with Gasteiger partial charge in [-0.3, -0.25) is 4.79 Å². The zero-order valence-corrected chi connectivity index (χ0v) is 16.3. The van der Waals surface area contributed by atoms with Crippen molar-refractivity contribution in [2.45, 2.75) is 12.3 Å². The molecule has 1 N–H and O–H groups in total. The summed E-state index contributed by atoms with van der Waals surface area (Å²) in [7, 11) is 0. The molecule has 0 aliphatic carbocycles. The van der Waals surface area contributed by atoms with Crippen LogP contribution in [0.15, 0.2) is 48.7 Å². The van der Waals surface area contributed by atoms with Gasteiger partial charge >= 0.3 is 0 Å². The number of ether oxygens (including phenoxy) is 1. The van der Waals surface area contributed by atoms with Gasteiger partial charge in [-0.25, -0.2) is 0 Å². The number of aromatic nitrogens is 1. The summed E-state index contributed by atoms with van der Waals surface area (Å²) in [4.78, 5) is 18.2. The zero-order valence-electron chi connectivity index (χ0n) is 14.8. The van der Waals surface area contributed by atoms with Crippen LogP contribution in [0.25, 0.3) is 10.9 Å². The van der Waals surface area contributed by atoms with Crippen molar-refractivity contribution in [3.8, 4) is 0 Å². The molecule has 2 heterocycles. The average Bonchev–Trinajstić information content (AvgIpc) is 3.13. The standard InChI is InChI=1S/C21H20Cl2N2O2/c22-18-6-5-14(11-19(18)23)16(12-21(26)25-7-9-27-10-8-25)17-13-24-20-4-2-1-3-15(17)20/h1-6,11,13,16,24H,7-10,12H2/t16-/m1/s1. The summed E-state index contributed by atoms with van der Waals surface area (Å²) in [5, 5.41) is 2.12. The molecule has 1 atom stereocenters. The van der Waals surface area contributed by atoms with Crippen LogP contribution in [-0.4, -0.2) is 42.1 Å². The Morgan fingerprint density at radius 1 is 1.11 bits per heavy atom. The number of halogens is 2. The number of nitrogens with one attached hydrogen (secondary N) is 1. The van der Waals surface area contributed by atoms with Crippen LogP contribution in [0.4, 0.5) is 0 Å². The maximum absolute atomic E-state index is 13.0. The van der Waals surface area contributed by atoms with Crippen LogP contribution < -0.4 is 0 Å². The van der Waals surface area contributed by atoms with Gasteiger partial charge in [0.2, 0.25) is 5.91 Å². The first-order chi connectivity index (χ1) is 13.1. The van der Waals surface area contributed by atoms with E-state index < -0.39 is 0 Å². The Labute approximate surface area is 168 Å². The quantitative estimate of drug-likeness (QED) is 0.677. The second kappa shape index (κ2) is 7.93. The molecule has 0 spiro atoms. The first-order valence-electron chi connectivity index (χ1n) is 9.00. The number of carbonyl (C=O) groups is 1. The van der Waals surface area contributed by atoms with Crippen molar-refractivity contribution in [1.29, 1.82) is 0 Å². The summed E-state index contributed by atoms with van der Waals surface area (Å²) < 4.78 is 5.37. The minimum Gasteiger partial charge on any atom is -0.378 e. The van der Waals surface area contributed by atoms with Gasteiger partial charge in [0.15, 0.2) is 0 Å². The number of aromatic amines is 1. The van der Waals surface area contributed by atoms with E-state index in [1.54, 1.807) is 6.07 Å². The van der Waals surface area contributed by atoms with E-state index >= 15 is 0 Å². The Balaban J connectivity index is 1.72. The lowest BCUT2D eigenvalue weighted by Crippen LogP contribution is -2.41. The third kappa shape index (κ3) is 3.84. The van der Waals surface area contributed by atoms with Crippen LogP contribution in [0.1, 0.15) is 23.5 Å². The molecule has 27 heavy (non-hydrogen) atoms. The molecule has 1 aromatic heterocycles. The maximum atomic E-state index is 13.0. The molecule has 1 amide bonds. The Morgan fingerprint density at radius 2 is 1.89 bits per heavy atom. The lowest BCUT2D eigenvalue weighted by Gasteiger charge is -2.28. The van der Waals surface area contributed by atoms with Crippen molar-refractivity contribution in [3.05, 3.63) is 69.8 Å². The lowest BCUT2D eigenvalue weighted by atomic mass is 9.87. The van der Waals surface area contributed by atoms with Gasteiger partial charge in [-0.2, -0.15) is 0 Å². The minimum absolute atomic E-state index is 0.105. The van der Waals surface area contributed by atoms with Crippen molar-refractivity contribution < 1.29 is 9.53 Å². The Kier molecular flexibility index (Phi) is 5.39. The van der Waals surface area contributed by atoms with Gasteiger partial charge in [-0.05, 0) is 29.3 Å². The van der Waals surface area contributed by atoms with E-state index in [2.05, 4.69) is 11.1 Å². The van der Waals surface area contributed by atoms with Crippen LogP contribution in [0, 0.1) is 0 Å². The predicted molar refractivity (Wildman–Crippen MR) is 109 cm³/mol. The van der Waals surface area contributed by atoms with Gasteiger partial charge in [0.05, 0.1) is 23.3 Å². The molecule has 3 aromatic rings. The molecule has 6 heteroatoms. The number of carbonyl (C=O) groups excluding carboxylic acids is 1. The summed E-state index contributed by atoms with van der Waals surface area (Å²) in [6.45, 7) is 2.47. The van der Waals surface area contributed by atoms with Crippen molar-refractivity contribution in [2.75, 3.05) is 26.3 Å². The van der Waals surface area contributed by atoms with E-state index in [0.717, 1.165) is 22.0 Å². The Bertz CT molecular complexity index is 964. The molecule has 4 nitrogen and oxygen atoms in total. The summed E-state index contributed by atoms with van der Waals surface area (Å²) in [5.74, 6) is 0.0194. The molecule has 0 saturated carbocycles. The van der Waals surface area contributed by atoms with Crippen LogP contribution >= 0.6 is 23.2 Å². The number of H-pyrrole nitrogens is 1. The third-order valence-electron chi connectivity index (χ3n) is 5.09. The Hall–Kier alpha value is -2.01. The lowest BCUT2D eigenvalue weighted by molar-refractivity contribution is -0.135. The third-order valence-corrected chi connectivity index (χ3v) is 5.82. The number of morpholine rings is 1. The fourth-order valence-electron chi connectivity index (χ4n) is 3.64. The highest BCUT2D eigenvalue weighted by molar-refractivity contribution is 6.42. The number of nitrogens with zero attached hydrogens (tertiary/aromatic N) is 1. The number of amides is 1. The van der Waals surface area contributed by atoms with Gasteiger partial charge in [0, 0.05) is 42.5 Å². The fraction of sp³-hybridized carbons (Fsp3) is 0.286. The van der Waals surface area contributed by atoms with Crippen LogP contribution in [0.3, 0.4) is 0 Å². The minimum atomic E-state index is -0.105. The summed E-state index contributed by atoms with van der Waals surface area (Å²) in [6, 6.07) is 13.7. The number of hydrogen-bond acceptors (Lipinski definition) is 2. The molecule has 1 aliphatic rings. The van der Waals surface area contributed by atoms with Crippen LogP contribution in [0.2, 0.25) is 10.0 Å². The molecular weight excluding hydrogens is 383 g/mol. The maximum Gasteiger partial charge on any atom is 0.223 e. The second-order valence-corrected chi connectivity index (χ2v) is 7.53. The monoisotopic (exact) mass is 402 g/mol. The molecule has 0 bridgehead atoms. The van der Waals surface area contributed by atoms with Gasteiger partial charge < -0.3 is 14.6 Å². The van der Waals surface area contributed by atoms with Gasteiger partial charge in [-0.1, -0.05) is 47.5 Å². The van der Waals surface area contributed by atoms with Crippen LogP contribution in [0.5, 0.6) is 0 Å². The fourth-order valence-corrected chi connectivity index (χ4v) is 3.94. The predicted octanol–water partition coefficient (Wildman–Crippen LogP) is 4.86. The highest BCUT2D eigenvalue weighted by Gasteiger charge is 2.25.